The van der Waals surface area contributed by atoms with Gasteiger partial charge in [-0.2, -0.15) is 0 Å². The van der Waals surface area contributed by atoms with Gasteiger partial charge in [0.25, 0.3) is 0 Å². The number of hydrogen-bond acceptors (Lipinski definition) is 2. The Bertz CT molecular complexity index is 433. The molecule has 0 aromatic heterocycles. The van der Waals surface area contributed by atoms with Crippen LogP contribution < -0.4 is 5.32 Å². The van der Waals surface area contributed by atoms with Gasteiger partial charge >= 0.3 is 0 Å². The highest BCUT2D eigenvalue weighted by Gasteiger charge is 2.27. The maximum Gasteiger partial charge on any atom is 0.0178 e. The Morgan fingerprint density at radius 3 is 3.06 bits per heavy atom. The van der Waals surface area contributed by atoms with Crippen LogP contribution in [0.2, 0.25) is 0 Å². The zero-order valence-corrected chi connectivity index (χ0v) is 12.5. The lowest BCUT2D eigenvalue weighted by Crippen LogP contribution is -2.54. The quantitative estimate of drug-likeness (QED) is 0.858. The lowest BCUT2D eigenvalue weighted by molar-refractivity contribution is 0.137. The molecule has 1 heterocycles. The molecule has 2 unspecified atom stereocenters. The summed E-state index contributed by atoms with van der Waals surface area (Å²) in [6.45, 7) is 5.85. The number of hydrogen-bond donors (Lipinski definition) is 1. The van der Waals surface area contributed by atoms with Crippen molar-refractivity contribution in [2.24, 2.45) is 0 Å². The van der Waals surface area contributed by atoms with Crippen LogP contribution in [0.5, 0.6) is 0 Å². The van der Waals surface area contributed by atoms with Gasteiger partial charge in [-0.05, 0) is 49.4 Å². The number of halogens is 1. The summed E-state index contributed by atoms with van der Waals surface area (Å²) in [5.74, 6) is 0. The molecule has 1 aromatic rings. The topological polar surface area (TPSA) is 15.3 Å². The molecular weight excluding hydrogens is 288 g/mol. The van der Waals surface area contributed by atoms with Gasteiger partial charge in [0, 0.05) is 36.2 Å². The molecule has 0 bridgehead atoms. The Labute approximate surface area is 118 Å². The van der Waals surface area contributed by atoms with E-state index in [-0.39, 0.29) is 0 Å². The van der Waals surface area contributed by atoms with Gasteiger partial charge in [-0.1, -0.05) is 22.0 Å². The fourth-order valence-electron chi connectivity index (χ4n) is 3.31. The molecule has 2 aliphatic rings. The van der Waals surface area contributed by atoms with Crippen LogP contribution in [0, 0.1) is 0 Å². The number of piperazine rings is 1. The zero-order chi connectivity index (χ0) is 12.5. The van der Waals surface area contributed by atoms with Crippen LogP contribution in [-0.2, 0) is 12.8 Å². The van der Waals surface area contributed by atoms with Gasteiger partial charge in [0.05, 0.1) is 0 Å². The van der Waals surface area contributed by atoms with Crippen molar-refractivity contribution in [3.63, 3.8) is 0 Å². The van der Waals surface area contributed by atoms with E-state index in [1.54, 1.807) is 11.1 Å². The minimum atomic E-state index is 0.644. The van der Waals surface area contributed by atoms with Crippen molar-refractivity contribution < 1.29 is 0 Å². The second-order valence-corrected chi connectivity index (χ2v) is 6.58. The molecule has 0 radical (unpaired) electrons. The lowest BCUT2D eigenvalue weighted by atomic mass is 9.87. The van der Waals surface area contributed by atoms with E-state index in [4.69, 9.17) is 0 Å². The van der Waals surface area contributed by atoms with E-state index in [1.807, 2.05) is 0 Å². The normalized spacial score (nSPS) is 29.0. The highest BCUT2D eigenvalue weighted by Crippen LogP contribution is 2.27. The maximum atomic E-state index is 3.57. The van der Waals surface area contributed by atoms with Crippen LogP contribution in [0.25, 0.3) is 0 Å². The van der Waals surface area contributed by atoms with E-state index >= 15 is 0 Å². The molecule has 0 saturated carbocycles. The van der Waals surface area contributed by atoms with Gasteiger partial charge in [-0.25, -0.2) is 0 Å². The van der Waals surface area contributed by atoms with Crippen LogP contribution in [0.1, 0.15) is 24.5 Å². The summed E-state index contributed by atoms with van der Waals surface area (Å²) >= 11 is 3.57. The Morgan fingerprint density at radius 1 is 1.33 bits per heavy atom. The molecular formula is C15H21BrN2. The second-order valence-electron chi connectivity index (χ2n) is 5.66. The van der Waals surface area contributed by atoms with Gasteiger partial charge in [0.1, 0.15) is 0 Å². The standard InChI is InChI=1S/C15H21BrN2/c1-11-10-18(7-6-17-11)15-5-3-12-8-14(16)4-2-13(12)9-15/h2,4,8,11,15,17H,3,5-7,9-10H2,1H3. The number of nitrogens with zero attached hydrogens (tertiary/aromatic N) is 1. The third-order valence-corrected chi connectivity index (χ3v) is 4.78. The van der Waals surface area contributed by atoms with Crippen LogP contribution in [-0.4, -0.2) is 36.6 Å². The molecule has 1 aliphatic carbocycles. The van der Waals surface area contributed by atoms with E-state index in [1.165, 1.54) is 36.8 Å². The van der Waals surface area contributed by atoms with Gasteiger partial charge in [0.15, 0.2) is 0 Å². The minimum absolute atomic E-state index is 0.644. The molecule has 1 fully saturated rings. The van der Waals surface area contributed by atoms with Crippen LogP contribution in [0.4, 0.5) is 0 Å². The van der Waals surface area contributed by atoms with E-state index in [0.717, 1.165) is 12.6 Å². The van der Waals surface area contributed by atoms with E-state index in [9.17, 15) is 0 Å². The summed E-state index contributed by atoms with van der Waals surface area (Å²) < 4.78 is 1.22. The number of aryl methyl sites for hydroxylation is 1. The predicted octanol–water partition coefficient (Wildman–Crippen LogP) is 2.60. The van der Waals surface area contributed by atoms with Crippen molar-refractivity contribution in [1.82, 2.24) is 10.2 Å². The highest BCUT2D eigenvalue weighted by molar-refractivity contribution is 9.10. The number of nitrogens with one attached hydrogen (secondary N) is 1. The predicted molar refractivity (Wildman–Crippen MR) is 79.0 cm³/mol. The largest absolute Gasteiger partial charge is 0.312 e. The zero-order valence-electron chi connectivity index (χ0n) is 11.0. The average Bonchev–Trinajstić information content (AvgIpc) is 2.38. The Balaban J connectivity index is 1.72. The molecule has 1 N–H and O–H groups in total. The molecule has 2 nitrogen and oxygen atoms in total. The van der Waals surface area contributed by atoms with E-state index in [2.05, 4.69) is 51.3 Å². The highest BCUT2D eigenvalue weighted by atomic mass is 79.9. The van der Waals surface area contributed by atoms with Crippen molar-refractivity contribution in [3.8, 4) is 0 Å². The van der Waals surface area contributed by atoms with E-state index < -0.39 is 0 Å². The first-order valence-corrected chi connectivity index (χ1v) is 7.76. The summed E-state index contributed by atoms with van der Waals surface area (Å²) in [4.78, 5) is 2.69. The number of fused-ring (bicyclic) bond motifs is 1. The summed E-state index contributed by atoms with van der Waals surface area (Å²) in [6.07, 6.45) is 3.78. The first-order chi connectivity index (χ1) is 8.72. The molecule has 3 heteroatoms. The summed E-state index contributed by atoms with van der Waals surface area (Å²) in [5, 5.41) is 3.53. The van der Waals surface area contributed by atoms with Crippen molar-refractivity contribution in [2.45, 2.75) is 38.3 Å². The maximum absolute atomic E-state index is 3.57. The summed E-state index contributed by atoms with van der Waals surface area (Å²) in [7, 11) is 0. The van der Waals surface area contributed by atoms with E-state index in [0.29, 0.717) is 6.04 Å². The SMILES string of the molecule is CC1CN(C2CCc3cc(Br)ccc3C2)CCN1. The molecule has 98 valence electrons. The molecule has 1 aromatic carbocycles. The monoisotopic (exact) mass is 308 g/mol. The molecule has 3 rings (SSSR count). The fraction of sp³-hybridized carbons (Fsp3) is 0.600. The fourth-order valence-corrected chi connectivity index (χ4v) is 3.72. The number of benzene rings is 1. The molecule has 0 amide bonds. The van der Waals surface area contributed by atoms with Crippen LogP contribution >= 0.6 is 15.9 Å². The van der Waals surface area contributed by atoms with Crippen molar-refractivity contribution in [3.05, 3.63) is 33.8 Å². The van der Waals surface area contributed by atoms with Gasteiger partial charge in [0.2, 0.25) is 0 Å². The smallest absolute Gasteiger partial charge is 0.0178 e. The van der Waals surface area contributed by atoms with Crippen molar-refractivity contribution in [2.75, 3.05) is 19.6 Å². The first-order valence-electron chi connectivity index (χ1n) is 6.97. The molecule has 2 atom stereocenters. The molecule has 18 heavy (non-hydrogen) atoms. The van der Waals surface area contributed by atoms with Gasteiger partial charge in [-0.15, -0.1) is 0 Å². The minimum Gasteiger partial charge on any atom is -0.312 e. The summed E-state index contributed by atoms with van der Waals surface area (Å²) in [6, 6.07) is 8.18. The summed E-state index contributed by atoms with van der Waals surface area (Å²) in [5.41, 5.74) is 3.10. The van der Waals surface area contributed by atoms with Crippen LogP contribution in [0.15, 0.2) is 22.7 Å². The molecule has 1 saturated heterocycles. The van der Waals surface area contributed by atoms with Crippen LogP contribution in [0.3, 0.4) is 0 Å². The Kier molecular flexibility index (Phi) is 3.73. The average molecular weight is 309 g/mol. The lowest BCUT2D eigenvalue weighted by Gasteiger charge is -2.40. The number of rotatable bonds is 1. The van der Waals surface area contributed by atoms with Gasteiger partial charge < -0.3 is 5.32 Å². The van der Waals surface area contributed by atoms with Gasteiger partial charge in [-0.3, -0.25) is 4.90 Å². The van der Waals surface area contributed by atoms with Crippen molar-refractivity contribution >= 4 is 15.9 Å². The second kappa shape index (κ2) is 5.32. The third kappa shape index (κ3) is 2.63. The Morgan fingerprint density at radius 2 is 2.22 bits per heavy atom. The molecule has 1 aliphatic heterocycles. The first kappa shape index (κ1) is 12.6. The third-order valence-electron chi connectivity index (χ3n) is 4.29. The Hall–Kier alpha value is -0.380. The molecule has 0 spiro atoms. The van der Waals surface area contributed by atoms with Crippen molar-refractivity contribution in [1.29, 1.82) is 0 Å².